The SMILES string of the molecule is N#Cc1ccc(N=Nc2ccc(OCC(=O)NCC(=O)SCC[C@H](NC(=O)COc3ccc(N=Nc4ccc(C#N)cc4)cc3)C(N)=O)cc2)cc1. The fraction of sp³-hybridized carbons (Fsp3) is 0.167. The van der Waals surface area contributed by atoms with E-state index in [0.29, 0.717) is 45.4 Å². The Morgan fingerprint density at radius 2 is 1.06 bits per heavy atom. The van der Waals surface area contributed by atoms with Crippen molar-refractivity contribution in [3.63, 3.8) is 0 Å². The molecule has 0 spiro atoms. The van der Waals surface area contributed by atoms with Gasteiger partial charge in [0.2, 0.25) is 11.0 Å². The number of rotatable bonds is 17. The minimum absolute atomic E-state index is 0.0799. The Bertz CT molecular complexity index is 1990. The highest BCUT2D eigenvalue weighted by atomic mass is 32.2. The monoisotopic (exact) mass is 717 g/mol. The quantitative estimate of drug-likeness (QED) is 0.118. The molecule has 4 aromatic rings. The van der Waals surface area contributed by atoms with Crippen LogP contribution in [-0.4, -0.2) is 54.4 Å². The summed E-state index contributed by atoms with van der Waals surface area (Å²) in [6.45, 7) is -0.971. The maximum absolute atomic E-state index is 12.4. The van der Waals surface area contributed by atoms with Gasteiger partial charge in [-0.25, -0.2) is 0 Å². The highest BCUT2D eigenvalue weighted by Crippen LogP contribution is 2.23. The van der Waals surface area contributed by atoms with Gasteiger partial charge in [0.15, 0.2) is 13.2 Å². The molecule has 3 amide bonds. The molecule has 0 bridgehead atoms. The summed E-state index contributed by atoms with van der Waals surface area (Å²) < 4.78 is 10.9. The first-order valence-corrected chi connectivity index (χ1v) is 16.5. The third-order valence-electron chi connectivity index (χ3n) is 6.75. The van der Waals surface area contributed by atoms with Crippen LogP contribution in [0, 0.1) is 22.7 Å². The smallest absolute Gasteiger partial charge is 0.258 e. The van der Waals surface area contributed by atoms with Crippen LogP contribution in [0.5, 0.6) is 11.5 Å². The first-order valence-electron chi connectivity index (χ1n) is 15.5. The Labute approximate surface area is 302 Å². The van der Waals surface area contributed by atoms with Crippen molar-refractivity contribution in [2.24, 2.45) is 26.2 Å². The number of nitrogens with one attached hydrogen (secondary N) is 2. The van der Waals surface area contributed by atoms with E-state index in [1.165, 1.54) is 0 Å². The Morgan fingerprint density at radius 3 is 1.46 bits per heavy atom. The summed E-state index contributed by atoms with van der Waals surface area (Å²) in [7, 11) is 0. The van der Waals surface area contributed by atoms with Crippen molar-refractivity contribution in [2.45, 2.75) is 12.5 Å². The number of nitrogens with zero attached hydrogens (tertiary/aromatic N) is 6. The van der Waals surface area contributed by atoms with Gasteiger partial charge in [-0.2, -0.15) is 31.0 Å². The fourth-order valence-electron chi connectivity index (χ4n) is 4.04. The van der Waals surface area contributed by atoms with Gasteiger partial charge in [0.1, 0.15) is 17.5 Å². The van der Waals surface area contributed by atoms with Gasteiger partial charge in [0.05, 0.1) is 52.6 Å². The van der Waals surface area contributed by atoms with Gasteiger partial charge in [0, 0.05) is 5.75 Å². The van der Waals surface area contributed by atoms with Gasteiger partial charge in [0.25, 0.3) is 11.8 Å². The Hall–Kier alpha value is -6.91. The number of carbonyl (C=O) groups excluding carboxylic acids is 4. The number of hydrogen-bond acceptors (Lipinski definition) is 13. The highest BCUT2D eigenvalue weighted by molar-refractivity contribution is 8.13. The standard InChI is InChI=1S/C36H31N9O6S/c37-19-24-1-5-26(6-2-24)42-44-28-9-13-30(14-10-28)50-22-33(46)40-21-35(48)52-18-17-32(36(39)49)41-34(47)23-51-31-15-11-29(12-16-31)45-43-27-7-3-25(20-38)4-8-27/h1-16,32H,17-18,21-23H2,(H2,39,49)(H,40,46)(H,41,47)/t32-/m0/s1. The largest absolute Gasteiger partial charge is 0.484 e. The lowest BCUT2D eigenvalue weighted by Gasteiger charge is -2.15. The average Bonchev–Trinajstić information content (AvgIpc) is 3.17. The first-order chi connectivity index (χ1) is 25.2. The van der Waals surface area contributed by atoms with E-state index in [0.717, 1.165) is 11.8 Å². The number of nitriles is 2. The molecule has 0 aliphatic heterocycles. The fourth-order valence-corrected chi connectivity index (χ4v) is 4.79. The number of amides is 3. The van der Waals surface area contributed by atoms with Gasteiger partial charge >= 0.3 is 0 Å². The zero-order chi connectivity index (χ0) is 37.1. The van der Waals surface area contributed by atoms with Crippen LogP contribution in [0.2, 0.25) is 0 Å². The molecule has 4 N–H and O–H groups in total. The van der Waals surface area contributed by atoms with Crippen molar-refractivity contribution < 1.29 is 28.7 Å². The Balaban J connectivity index is 1.09. The van der Waals surface area contributed by atoms with Crippen LogP contribution in [0.25, 0.3) is 0 Å². The van der Waals surface area contributed by atoms with E-state index in [-0.39, 0.29) is 37.0 Å². The summed E-state index contributed by atoms with van der Waals surface area (Å²) in [5, 5.41) is 38.8. The second kappa shape index (κ2) is 19.9. The summed E-state index contributed by atoms with van der Waals surface area (Å²) >= 11 is 0.880. The van der Waals surface area contributed by atoms with Gasteiger partial charge in [-0.3, -0.25) is 19.2 Å². The maximum Gasteiger partial charge on any atom is 0.258 e. The third kappa shape index (κ3) is 13.2. The third-order valence-corrected chi connectivity index (χ3v) is 7.65. The molecule has 0 unspecified atom stereocenters. The first kappa shape index (κ1) is 37.9. The molecule has 1 atom stereocenters. The van der Waals surface area contributed by atoms with Crippen molar-refractivity contribution in [1.29, 1.82) is 10.5 Å². The van der Waals surface area contributed by atoms with E-state index in [2.05, 4.69) is 31.1 Å². The van der Waals surface area contributed by atoms with Crippen molar-refractivity contribution in [1.82, 2.24) is 10.6 Å². The summed E-state index contributed by atoms with van der Waals surface area (Å²) in [4.78, 5) is 48.8. The van der Waals surface area contributed by atoms with E-state index < -0.39 is 23.8 Å². The Kier molecular flexibility index (Phi) is 14.5. The maximum atomic E-state index is 12.4. The molecular weight excluding hydrogens is 687 g/mol. The van der Waals surface area contributed by atoms with Gasteiger partial charge in [-0.15, -0.1) is 0 Å². The minimum atomic E-state index is -1.03. The van der Waals surface area contributed by atoms with E-state index in [1.54, 1.807) is 97.1 Å². The number of hydrogen-bond donors (Lipinski definition) is 3. The van der Waals surface area contributed by atoms with Crippen LogP contribution in [0.1, 0.15) is 17.5 Å². The van der Waals surface area contributed by atoms with Crippen LogP contribution in [0.3, 0.4) is 0 Å². The second-order valence-electron chi connectivity index (χ2n) is 10.6. The molecule has 52 heavy (non-hydrogen) atoms. The molecule has 0 radical (unpaired) electrons. The summed E-state index contributed by atoms with van der Waals surface area (Å²) in [5.41, 5.74) is 8.75. The number of benzene rings is 4. The average molecular weight is 718 g/mol. The molecule has 4 rings (SSSR count). The number of primary amides is 1. The summed E-state index contributed by atoms with van der Waals surface area (Å²) in [6.07, 6.45) is 0.0799. The normalized spacial score (nSPS) is 11.3. The van der Waals surface area contributed by atoms with Crippen LogP contribution in [-0.2, 0) is 19.2 Å². The zero-order valence-electron chi connectivity index (χ0n) is 27.5. The van der Waals surface area contributed by atoms with E-state index in [1.807, 2.05) is 12.1 Å². The van der Waals surface area contributed by atoms with Crippen molar-refractivity contribution in [3.05, 3.63) is 108 Å². The lowest BCUT2D eigenvalue weighted by Crippen LogP contribution is -2.46. The lowest BCUT2D eigenvalue weighted by molar-refractivity contribution is -0.128. The minimum Gasteiger partial charge on any atom is -0.484 e. The second-order valence-corrected chi connectivity index (χ2v) is 11.7. The number of carbonyl (C=O) groups is 4. The van der Waals surface area contributed by atoms with Crippen molar-refractivity contribution >= 4 is 57.3 Å². The number of ether oxygens (including phenoxy) is 2. The van der Waals surface area contributed by atoms with Gasteiger partial charge < -0.3 is 25.8 Å². The highest BCUT2D eigenvalue weighted by Gasteiger charge is 2.19. The van der Waals surface area contributed by atoms with Crippen LogP contribution in [0.4, 0.5) is 22.7 Å². The van der Waals surface area contributed by atoms with E-state index in [9.17, 15) is 19.2 Å². The van der Waals surface area contributed by atoms with Gasteiger partial charge in [-0.05, 0) is 103 Å². The van der Waals surface area contributed by atoms with Gasteiger partial charge in [-0.1, -0.05) is 11.8 Å². The molecule has 4 aromatic carbocycles. The number of thioether (sulfide) groups is 1. The predicted octanol–water partition coefficient (Wildman–Crippen LogP) is 5.45. The van der Waals surface area contributed by atoms with E-state index >= 15 is 0 Å². The van der Waals surface area contributed by atoms with E-state index in [4.69, 9.17) is 25.7 Å². The summed E-state index contributed by atoms with van der Waals surface area (Å²) in [6, 6.07) is 29.4. The van der Waals surface area contributed by atoms with Crippen molar-refractivity contribution in [3.8, 4) is 23.6 Å². The molecule has 0 fully saturated rings. The molecule has 0 aliphatic carbocycles. The molecule has 0 heterocycles. The summed E-state index contributed by atoms with van der Waals surface area (Å²) in [5.74, 6) is -0.911. The lowest BCUT2D eigenvalue weighted by atomic mass is 10.2. The molecular formula is C36H31N9O6S. The molecule has 262 valence electrons. The topological polar surface area (TPSA) is 234 Å². The van der Waals surface area contributed by atoms with Crippen LogP contribution < -0.4 is 25.8 Å². The Morgan fingerprint density at radius 1 is 0.654 bits per heavy atom. The molecule has 15 nitrogen and oxygen atoms in total. The number of nitrogens with two attached hydrogens (primary N) is 1. The molecule has 16 heteroatoms. The van der Waals surface area contributed by atoms with Crippen molar-refractivity contribution in [2.75, 3.05) is 25.5 Å². The van der Waals surface area contributed by atoms with Crippen LogP contribution in [0.15, 0.2) is 118 Å². The van der Waals surface area contributed by atoms with Crippen LogP contribution >= 0.6 is 11.8 Å². The zero-order valence-corrected chi connectivity index (χ0v) is 28.3. The molecule has 0 saturated heterocycles. The molecule has 0 aliphatic rings. The molecule has 0 aromatic heterocycles. The predicted molar refractivity (Wildman–Crippen MR) is 191 cm³/mol. The number of azo groups is 2. The molecule has 0 saturated carbocycles.